The number of carbonyl (C=O) groups excluding carboxylic acids is 1. The molecule has 1 saturated heterocycles. The number of aromatic hydroxyl groups is 1. The van der Waals surface area contributed by atoms with Crippen molar-refractivity contribution in [2.75, 3.05) is 24.6 Å². The summed E-state index contributed by atoms with van der Waals surface area (Å²) >= 11 is 0. The Morgan fingerprint density at radius 1 is 1.25 bits per heavy atom. The molecule has 24 heavy (non-hydrogen) atoms. The number of hydrogen-bond donors (Lipinski definition) is 1. The van der Waals surface area contributed by atoms with Crippen LogP contribution in [-0.2, 0) is 15.7 Å². The zero-order valence-electron chi connectivity index (χ0n) is 13.8. The van der Waals surface area contributed by atoms with E-state index in [2.05, 4.69) is 0 Å². The molecule has 0 bridgehead atoms. The monoisotopic (exact) mass is 348 g/mol. The van der Waals surface area contributed by atoms with Crippen LogP contribution in [0.15, 0.2) is 38.4 Å². The SMILES string of the molecule is CC[S+](CC(=O)N1CCCCC1)c1c(O)c2ccccc2oc1=O. The van der Waals surface area contributed by atoms with Gasteiger partial charge in [-0.1, -0.05) is 12.1 Å². The molecule has 1 N–H and O–H groups in total. The Kier molecular flexibility index (Phi) is 5.14. The van der Waals surface area contributed by atoms with Crippen molar-refractivity contribution in [3.63, 3.8) is 0 Å². The second kappa shape index (κ2) is 7.30. The van der Waals surface area contributed by atoms with Crippen LogP contribution in [-0.4, -0.2) is 40.5 Å². The smallest absolute Gasteiger partial charge is 0.396 e. The summed E-state index contributed by atoms with van der Waals surface area (Å²) in [5.74, 6) is 0.897. The summed E-state index contributed by atoms with van der Waals surface area (Å²) in [5, 5.41) is 11.1. The molecule has 2 heterocycles. The number of likely N-dealkylation sites (tertiary alicyclic amines) is 1. The van der Waals surface area contributed by atoms with E-state index < -0.39 is 16.5 Å². The molecule has 0 spiro atoms. The van der Waals surface area contributed by atoms with Crippen molar-refractivity contribution in [1.82, 2.24) is 4.90 Å². The molecule has 3 rings (SSSR count). The molecule has 1 aromatic carbocycles. The van der Waals surface area contributed by atoms with E-state index in [-0.39, 0.29) is 22.3 Å². The molecular formula is C18H22NO4S+. The Morgan fingerprint density at radius 3 is 2.67 bits per heavy atom. The average molecular weight is 348 g/mol. The van der Waals surface area contributed by atoms with Crippen molar-refractivity contribution in [3.05, 3.63) is 34.7 Å². The van der Waals surface area contributed by atoms with Gasteiger partial charge in [-0.3, -0.25) is 4.79 Å². The molecular weight excluding hydrogens is 326 g/mol. The molecule has 128 valence electrons. The van der Waals surface area contributed by atoms with E-state index in [1.165, 1.54) is 6.42 Å². The minimum absolute atomic E-state index is 0.0431. The molecule has 1 fully saturated rings. The molecule has 0 radical (unpaired) electrons. The first kappa shape index (κ1) is 16.9. The van der Waals surface area contributed by atoms with Gasteiger partial charge in [0.2, 0.25) is 0 Å². The summed E-state index contributed by atoms with van der Waals surface area (Å²) in [4.78, 5) is 27.0. The fourth-order valence-corrected chi connectivity index (χ4v) is 4.85. The highest BCUT2D eigenvalue weighted by molar-refractivity contribution is 7.97. The predicted octanol–water partition coefficient (Wildman–Crippen LogP) is 2.51. The largest absolute Gasteiger partial charge is 0.503 e. The number of carbonyl (C=O) groups is 1. The molecule has 1 aromatic heterocycles. The summed E-state index contributed by atoms with van der Waals surface area (Å²) in [6.45, 7) is 3.51. The number of fused-ring (bicyclic) bond motifs is 1. The lowest BCUT2D eigenvalue weighted by molar-refractivity contribution is -0.129. The average Bonchev–Trinajstić information content (AvgIpc) is 2.61. The van der Waals surface area contributed by atoms with E-state index in [1.54, 1.807) is 24.3 Å². The Bertz CT molecular complexity index is 795. The first-order valence-electron chi connectivity index (χ1n) is 8.32. The van der Waals surface area contributed by atoms with Crippen LogP contribution < -0.4 is 5.63 Å². The molecule has 1 atom stereocenters. The third kappa shape index (κ3) is 3.29. The Morgan fingerprint density at radius 2 is 1.96 bits per heavy atom. The second-order valence-electron chi connectivity index (χ2n) is 5.93. The molecule has 1 unspecified atom stereocenters. The van der Waals surface area contributed by atoms with Gasteiger partial charge in [0.15, 0.2) is 11.5 Å². The highest BCUT2D eigenvalue weighted by atomic mass is 32.2. The van der Waals surface area contributed by atoms with Gasteiger partial charge < -0.3 is 14.4 Å². The zero-order valence-corrected chi connectivity index (χ0v) is 14.6. The van der Waals surface area contributed by atoms with Crippen LogP contribution in [0.3, 0.4) is 0 Å². The lowest BCUT2D eigenvalue weighted by Gasteiger charge is -2.26. The fourth-order valence-electron chi connectivity index (χ4n) is 3.07. The zero-order chi connectivity index (χ0) is 17.1. The number of rotatable bonds is 4. The van der Waals surface area contributed by atoms with Crippen molar-refractivity contribution in [3.8, 4) is 5.75 Å². The highest BCUT2D eigenvalue weighted by Gasteiger charge is 2.34. The van der Waals surface area contributed by atoms with E-state index in [1.807, 2.05) is 11.8 Å². The van der Waals surface area contributed by atoms with Crippen molar-refractivity contribution >= 4 is 27.8 Å². The van der Waals surface area contributed by atoms with E-state index in [4.69, 9.17) is 4.42 Å². The van der Waals surface area contributed by atoms with E-state index in [0.29, 0.717) is 16.7 Å². The Hall–Kier alpha value is -1.95. The fraction of sp³-hybridized carbons (Fsp3) is 0.444. The van der Waals surface area contributed by atoms with Crippen LogP contribution in [0.5, 0.6) is 5.75 Å². The van der Waals surface area contributed by atoms with Crippen LogP contribution in [0.1, 0.15) is 26.2 Å². The van der Waals surface area contributed by atoms with Gasteiger partial charge in [0.1, 0.15) is 11.3 Å². The predicted molar refractivity (Wildman–Crippen MR) is 95.6 cm³/mol. The highest BCUT2D eigenvalue weighted by Crippen LogP contribution is 2.30. The summed E-state index contributed by atoms with van der Waals surface area (Å²) in [6.07, 6.45) is 3.24. The van der Waals surface area contributed by atoms with Crippen LogP contribution in [0.4, 0.5) is 0 Å². The number of nitrogens with zero attached hydrogens (tertiary/aromatic N) is 1. The quantitative estimate of drug-likeness (QED) is 0.681. The summed E-state index contributed by atoms with van der Waals surface area (Å²) < 4.78 is 5.35. The van der Waals surface area contributed by atoms with Gasteiger partial charge in [0.25, 0.3) is 10.8 Å². The lowest BCUT2D eigenvalue weighted by Crippen LogP contribution is -2.40. The molecule has 0 aliphatic carbocycles. The Labute approximate surface area is 143 Å². The number of benzene rings is 1. The maximum atomic E-state index is 12.5. The molecule has 0 saturated carbocycles. The van der Waals surface area contributed by atoms with Crippen molar-refractivity contribution in [2.45, 2.75) is 31.1 Å². The van der Waals surface area contributed by atoms with Crippen LogP contribution >= 0.6 is 0 Å². The third-order valence-electron chi connectivity index (χ3n) is 4.39. The standard InChI is InChI=1S/C18H21NO4S/c1-2-24(12-15(20)19-10-6-3-7-11-19)17-16(21)13-8-4-5-9-14(13)23-18(17)22/h4-5,8-9H,2-3,6-7,10-12H2,1H3/p+1. The van der Waals surface area contributed by atoms with Gasteiger partial charge in [-0.15, -0.1) is 0 Å². The maximum absolute atomic E-state index is 12.5. The minimum atomic E-state index is -0.653. The van der Waals surface area contributed by atoms with Crippen molar-refractivity contribution < 1.29 is 14.3 Å². The van der Waals surface area contributed by atoms with E-state index in [0.717, 1.165) is 25.9 Å². The van der Waals surface area contributed by atoms with Crippen molar-refractivity contribution in [1.29, 1.82) is 0 Å². The maximum Gasteiger partial charge on any atom is 0.396 e. The van der Waals surface area contributed by atoms with Gasteiger partial charge in [0, 0.05) is 24.0 Å². The molecule has 2 aromatic rings. The minimum Gasteiger partial charge on any atom is -0.503 e. The Balaban J connectivity index is 1.91. The second-order valence-corrected chi connectivity index (χ2v) is 8.19. The summed E-state index contributed by atoms with van der Waals surface area (Å²) in [7, 11) is -0.653. The van der Waals surface area contributed by atoms with E-state index in [9.17, 15) is 14.7 Å². The van der Waals surface area contributed by atoms with Crippen LogP contribution in [0.25, 0.3) is 11.0 Å². The normalized spacial score (nSPS) is 16.3. The van der Waals surface area contributed by atoms with E-state index >= 15 is 0 Å². The van der Waals surface area contributed by atoms with Crippen molar-refractivity contribution in [2.24, 2.45) is 0 Å². The summed E-state index contributed by atoms with van der Waals surface area (Å²) in [5.41, 5.74) is -0.173. The molecule has 6 heteroatoms. The first-order valence-corrected chi connectivity index (χ1v) is 9.88. The number of amides is 1. The van der Waals surface area contributed by atoms with Crippen LogP contribution in [0.2, 0.25) is 0 Å². The number of piperidine rings is 1. The molecule has 1 aliphatic heterocycles. The first-order chi connectivity index (χ1) is 11.6. The number of hydrogen-bond acceptors (Lipinski definition) is 4. The van der Waals surface area contributed by atoms with Gasteiger partial charge in [0.05, 0.1) is 5.39 Å². The molecule has 5 nitrogen and oxygen atoms in total. The summed E-state index contributed by atoms with van der Waals surface area (Å²) in [6, 6.07) is 6.92. The lowest BCUT2D eigenvalue weighted by atomic mass is 10.1. The van der Waals surface area contributed by atoms with Gasteiger partial charge >= 0.3 is 5.63 Å². The van der Waals surface area contributed by atoms with Crippen LogP contribution in [0, 0.1) is 0 Å². The van der Waals surface area contributed by atoms with Gasteiger partial charge in [-0.05, 0) is 38.3 Å². The number of para-hydroxylation sites is 1. The third-order valence-corrected chi connectivity index (χ3v) is 6.62. The molecule has 1 aliphatic rings. The van der Waals surface area contributed by atoms with Gasteiger partial charge in [-0.2, -0.15) is 0 Å². The van der Waals surface area contributed by atoms with Gasteiger partial charge in [-0.25, -0.2) is 4.79 Å². The molecule has 1 amide bonds. The topological polar surface area (TPSA) is 70.8 Å².